The summed E-state index contributed by atoms with van der Waals surface area (Å²) in [7, 11) is 1.64. The van der Waals surface area contributed by atoms with Gasteiger partial charge in [0.15, 0.2) is 0 Å². The predicted molar refractivity (Wildman–Crippen MR) is 85.0 cm³/mol. The molecule has 4 nitrogen and oxygen atoms in total. The van der Waals surface area contributed by atoms with Gasteiger partial charge in [-0.2, -0.15) is 0 Å². The van der Waals surface area contributed by atoms with Gasteiger partial charge in [-0.15, -0.1) is 0 Å². The molecule has 1 fully saturated rings. The van der Waals surface area contributed by atoms with Crippen molar-refractivity contribution in [1.82, 2.24) is 4.90 Å². The van der Waals surface area contributed by atoms with Crippen molar-refractivity contribution in [2.45, 2.75) is 38.8 Å². The van der Waals surface area contributed by atoms with E-state index < -0.39 is 0 Å². The number of allylic oxidation sites excluding steroid dienone is 1. The third-order valence-corrected chi connectivity index (χ3v) is 4.06. The minimum atomic E-state index is 0.0646. The molecule has 114 valence electrons. The molecule has 4 heteroatoms. The topological polar surface area (TPSA) is 55.6 Å². The molecule has 21 heavy (non-hydrogen) atoms. The monoisotopic (exact) mass is 288 g/mol. The van der Waals surface area contributed by atoms with Gasteiger partial charge in [-0.3, -0.25) is 4.79 Å². The van der Waals surface area contributed by atoms with E-state index in [9.17, 15) is 4.79 Å². The lowest BCUT2D eigenvalue weighted by Crippen LogP contribution is -2.47. The minimum absolute atomic E-state index is 0.0646. The molecule has 1 amide bonds. The van der Waals surface area contributed by atoms with Gasteiger partial charge in [0.2, 0.25) is 5.91 Å². The number of amides is 1. The Morgan fingerprint density at radius 2 is 2.24 bits per heavy atom. The van der Waals surface area contributed by atoms with Gasteiger partial charge in [0.25, 0.3) is 0 Å². The predicted octanol–water partition coefficient (Wildman–Crippen LogP) is 2.44. The van der Waals surface area contributed by atoms with Gasteiger partial charge in [-0.05, 0) is 50.0 Å². The summed E-state index contributed by atoms with van der Waals surface area (Å²) < 4.78 is 5.22. The highest BCUT2D eigenvalue weighted by molar-refractivity contribution is 5.95. The first-order valence-corrected chi connectivity index (χ1v) is 7.40. The number of carbonyl (C=O) groups is 1. The summed E-state index contributed by atoms with van der Waals surface area (Å²) in [4.78, 5) is 14.3. The fourth-order valence-electron chi connectivity index (χ4n) is 2.76. The quantitative estimate of drug-likeness (QED) is 0.869. The standard InChI is InChI=1S/C17H24N2O2/c1-12(14-5-4-6-16(11-14)21-3)9-17(20)19-8-7-15(18)10-13(19)2/h4-6,9,11,13,15H,7-8,10,18H2,1-3H3. The largest absolute Gasteiger partial charge is 0.497 e. The molecule has 1 saturated heterocycles. The maximum atomic E-state index is 12.4. The van der Waals surface area contributed by atoms with Gasteiger partial charge in [-0.25, -0.2) is 0 Å². The van der Waals surface area contributed by atoms with Crippen LogP contribution in [0.2, 0.25) is 0 Å². The molecule has 1 aliphatic heterocycles. The summed E-state index contributed by atoms with van der Waals surface area (Å²) in [5.41, 5.74) is 7.89. The van der Waals surface area contributed by atoms with E-state index in [0.717, 1.165) is 36.3 Å². The Kier molecular flexibility index (Phi) is 5.02. The molecule has 2 N–H and O–H groups in total. The van der Waals surface area contributed by atoms with Crippen molar-refractivity contribution < 1.29 is 9.53 Å². The van der Waals surface area contributed by atoms with Crippen molar-refractivity contribution in [1.29, 1.82) is 0 Å². The van der Waals surface area contributed by atoms with E-state index in [-0.39, 0.29) is 18.0 Å². The van der Waals surface area contributed by atoms with E-state index in [0.29, 0.717) is 0 Å². The van der Waals surface area contributed by atoms with Crippen molar-refractivity contribution in [3.05, 3.63) is 35.9 Å². The Hall–Kier alpha value is -1.81. The Bertz CT molecular complexity index is 539. The molecular formula is C17H24N2O2. The second-order valence-corrected chi connectivity index (χ2v) is 5.72. The summed E-state index contributed by atoms with van der Waals surface area (Å²) in [5, 5.41) is 0. The minimum Gasteiger partial charge on any atom is -0.497 e. The molecule has 0 bridgehead atoms. The van der Waals surface area contributed by atoms with E-state index in [1.54, 1.807) is 13.2 Å². The van der Waals surface area contributed by atoms with Crippen LogP contribution in [0.15, 0.2) is 30.3 Å². The zero-order chi connectivity index (χ0) is 15.4. The summed E-state index contributed by atoms with van der Waals surface area (Å²) in [5.74, 6) is 0.861. The van der Waals surface area contributed by atoms with Crippen LogP contribution in [-0.4, -0.2) is 36.5 Å². The number of nitrogens with two attached hydrogens (primary N) is 1. The number of hydrogen-bond acceptors (Lipinski definition) is 3. The van der Waals surface area contributed by atoms with Crippen molar-refractivity contribution in [3.8, 4) is 5.75 Å². The smallest absolute Gasteiger partial charge is 0.247 e. The number of likely N-dealkylation sites (tertiary alicyclic amines) is 1. The van der Waals surface area contributed by atoms with E-state index in [4.69, 9.17) is 10.5 Å². The Morgan fingerprint density at radius 1 is 1.48 bits per heavy atom. The van der Waals surface area contributed by atoms with Gasteiger partial charge in [0.1, 0.15) is 5.75 Å². The first-order chi connectivity index (χ1) is 10.0. The lowest BCUT2D eigenvalue weighted by Gasteiger charge is -2.35. The van der Waals surface area contributed by atoms with Crippen LogP contribution in [0.5, 0.6) is 5.75 Å². The summed E-state index contributed by atoms with van der Waals surface area (Å²) >= 11 is 0. The molecule has 1 aromatic carbocycles. The fourth-order valence-corrected chi connectivity index (χ4v) is 2.76. The summed E-state index contributed by atoms with van der Waals surface area (Å²) in [6.45, 7) is 4.75. The Balaban J connectivity index is 2.12. The van der Waals surface area contributed by atoms with Gasteiger partial charge in [0, 0.05) is 24.7 Å². The molecule has 2 rings (SSSR count). The second-order valence-electron chi connectivity index (χ2n) is 5.72. The number of piperidine rings is 1. The number of methoxy groups -OCH3 is 1. The van der Waals surface area contributed by atoms with Crippen LogP contribution in [0.3, 0.4) is 0 Å². The average Bonchev–Trinajstić information content (AvgIpc) is 2.47. The molecule has 0 spiro atoms. The summed E-state index contributed by atoms with van der Waals surface area (Å²) in [6.07, 6.45) is 3.46. The molecule has 1 heterocycles. The molecule has 0 aliphatic carbocycles. The molecule has 0 radical (unpaired) electrons. The molecule has 2 unspecified atom stereocenters. The van der Waals surface area contributed by atoms with Crippen molar-refractivity contribution in [2.75, 3.05) is 13.7 Å². The molecular weight excluding hydrogens is 264 g/mol. The molecule has 1 aromatic rings. The third kappa shape index (κ3) is 3.85. The van der Waals surface area contributed by atoms with E-state index >= 15 is 0 Å². The van der Waals surface area contributed by atoms with E-state index in [1.165, 1.54) is 0 Å². The lowest BCUT2D eigenvalue weighted by molar-refractivity contribution is -0.129. The van der Waals surface area contributed by atoms with Crippen molar-refractivity contribution in [2.24, 2.45) is 5.73 Å². The zero-order valence-corrected chi connectivity index (χ0v) is 13.0. The highest BCUT2D eigenvalue weighted by Gasteiger charge is 2.25. The first-order valence-electron chi connectivity index (χ1n) is 7.40. The number of ether oxygens (including phenoxy) is 1. The van der Waals surface area contributed by atoms with Crippen molar-refractivity contribution >= 4 is 11.5 Å². The maximum Gasteiger partial charge on any atom is 0.247 e. The van der Waals surface area contributed by atoms with Crippen LogP contribution >= 0.6 is 0 Å². The fraction of sp³-hybridized carbons (Fsp3) is 0.471. The SMILES string of the molecule is COc1cccc(C(C)=CC(=O)N2CCC(N)CC2C)c1. The third-order valence-electron chi connectivity index (χ3n) is 4.06. The van der Waals surface area contributed by atoms with Crippen LogP contribution < -0.4 is 10.5 Å². The number of hydrogen-bond donors (Lipinski definition) is 1. The average molecular weight is 288 g/mol. The van der Waals surface area contributed by atoms with E-state index in [2.05, 4.69) is 6.92 Å². The molecule has 1 aliphatic rings. The lowest BCUT2D eigenvalue weighted by atomic mass is 9.98. The van der Waals surface area contributed by atoms with Crippen LogP contribution in [0.1, 0.15) is 32.3 Å². The van der Waals surface area contributed by atoms with Crippen LogP contribution in [0.25, 0.3) is 5.57 Å². The number of rotatable bonds is 3. The van der Waals surface area contributed by atoms with Crippen LogP contribution in [0, 0.1) is 0 Å². The highest BCUT2D eigenvalue weighted by Crippen LogP contribution is 2.21. The maximum absolute atomic E-state index is 12.4. The Morgan fingerprint density at radius 3 is 2.90 bits per heavy atom. The van der Waals surface area contributed by atoms with Crippen LogP contribution in [-0.2, 0) is 4.79 Å². The molecule has 2 atom stereocenters. The van der Waals surface area contributed by atoms with Gasteiger partial charge < -0.3 is 15.4 Å². The number of carbonyl (C=O) groups excluding carboxylic acids is 1. The molecule has 0 saturated carbocycles. The van der Waals surface area contributed by atoms with Crippen LogP contribution in [0.4, 0.5) is 0 Å². The van der Waals surface area contributed by atoms with Gasteiger partial charge in [0.05, 0.1) is 7.11 Å². The van der Waals surface area contributed by atoms with Crippen molar-refractivity contribution in [3.63, 3.8) is 0 Å². The Labute approximate surface area is 126 Å². The summed E-state index contributed by atoms with van der Waals surface area (Å²) in [6, 6.07) is 8.17. The van der Waals surface area contributed by atoms with Gasteiger partial charge in [-0.1, -0.05) is 12.1 Å². The number of nitrogens with zero attached hydrogens (tertiary/aromatic N) is 1. The molecule has 0 aromatic heterocycles. The highest BCUT2D eigenvalue weighted by atomic mass is 16.5. The first kappa shape index (κ1) is 15.6. The zero-order valence-electron chi connectivity index (χ0n) is 13.0. The normalized spacial score (nSPS) is 23.0. The number of benzene rings is 1. The van der Waals surface area contributed by atoms with E-state index in [1.807, 2.05) is 36.1 Å². The second kappa shape index (κ2) is 6.76. The van der Waals surface area contributed by atoms with Gasteiger partial charge >= 0.3 is 0 Å².